The first-order chi connectivity index (χ1) is 9.38. The molecule has 0 saturated carbocycles. The number of halogens is 1. The number of nitrogens with one attached hydrogen (secondary N) is 1. The third-order valence-electron chi connectivity index (χ3n) is 3.25. The average molecular weight is 353 g/mol. The van der Waals surface area contributed by atoms with E-state index in [0.29, 0.717) is 6.04 Å². The van der Waals surface area contributed by atoms with Crippen LogP contribution in [-0.2, 0) is 6.54 Å². The number of nitrogens with zero attached hydrogens (tertiary/aromatic N) is 1. The fourth-order valence-corrected chi connectivity index (χ4v) is 3.31. The summed E-state index contributed by atoms with van der Waals surface area (Å²) in [5.74, 6) is 0. The number of thiazole rings is 1. The minimum Gasteiger partial charge on any atom is -0.310 e. The van der Waals surface area contributed by atoms with Crippen LogP contribution < -0.4 is 5.32 Å². The van der Waals surface area contributed by atoms with Gasteiger partial charge in [0.25, 0.3) is 0 Å². The molecule has 2 aromatic rings. The van der Waals surface area contributed by atoms with Gasteiger partial charge in [-0.15, -0.1) is 11.3 Å². The molecule has 108 valence electrons. The van der Waals surface area contributed by atoms with Crippen molar-refractivity contribution in [3.63, 3.8) is 0 Å². The van der Waals surface area contributed by atoms with Crippen LogP contribution in [0.3, 0.4) is 0 Å². The minimum absolute atomic E-state index is 0.497. The molecule has 0 unspecified atom stereocenters. The summed E-state index contributed by atoms with van der Waals surface area (Å²) >= 11 is 5.41. The van der Waals surface area contributed by atoms with Crippen molar-refractivity contribution in [3.8, 4) is 10.6 Å². The molecule has 0 radical (unpaired) electrons. The Morgan fingerprint density at radius 1 is 1.20 bits per heavy atom. The minimum atomic E-state index is 0.497. The summed E-state index contributed by atoms with van der Waals surface area (Å²) in [6.07, 6.45) is 0. The summed E-state index contributed by atoms with van der Waals surface area (Å²) in [5.41, 5.74) is 4.87. The lowest BCUT2D eigenvalue weighted by atomic mass is 10.1. The molecule has 0 saturated heterocycles. The summed E-state index contributed by atoms with van der Waals surface area (Å²) in [6.45, 7) is 11.6. The molecule has 1 N–H and O–H groups in total. The van der Waals surface area contributed by atoms with Crippen molar-refractivity contribution in [2.24, 2.45) is 0 Å². The van der Waals surface area contributed by atoms with Gasteiger partial charge in [-0.05, 0) is 44.0 Å². The number of hydrogen-bond donors (Lipinski definition) is 1. The number of hydrogen-bond acceptors (Lipinski definition) is 3. The van der Waals surface area contributed by atoms with Crippen molar-refractivity contribution in [2.75, 3.05) is 0 Å². The second-order valence-corrected chi connectivity index (χ2v) is 7.36. The van der Waals surface area contributed by atoms with Gasteiger partial charge in [-0.3, -0.25) is 0 Å². The molecule has 4 heteroatoms. The highest BCUT2D eigenvalue weighted by molar-refractivity contribution is 9.10. The predicted molar refractivity (Wildman–Crippen MR) is 91.4 cm³/mol. The third kappa shape index (κ3) is 3.48. The van der Waals surface area contributed by atoms with Crippen LogP contribution in [-0.4, -0.2) is 11.0 Å². The smallest absolute Gasteiger partial charge is 0.123 e. The van der Waals surface area contributed by atoms with E-state index in [1.165, 1.54) is 26.0 Å². The van der Waals surface area contributed by atoms with Crippen molar-refractivity contribution in [1.29, 1.82) is 0 Å². The Labute approximate surface area is 133 Å². The van der Waals surface area contributed by atoms with Gasteiger partial charge in [-0.1, -0.05) is 29.8 Å². The van der Waals surface area contributed by atoms with Crippen LogP contribution in [0.15, 0.2) is 16.6 Å². The first-order valence-electron chi connectivity index (χ1n) is 6.85. The summed E-state index contributed by atoms with van der Waals surface area (Å²) < 4.78 is 1.19. The van der Waals surface area contributed by atoms with Crippen LogP contribution in [0.2, 0.25) is 0 Å². The van der Waals surface area contributed by atoms with Gasteiger partial charge in [-0.25, -0.2) is 4.98 Å². The molecule has 0 aliphatic rings. The molecule has 0 bridgehead atoms. The molecule has 0 aliphatic carbocycles. The number of benzene rings is 1. The van der Waals surface area contributed by atoms with Gasteiger partial charge >= 0.3 is 0 Å². The SMILES string of the molecule is Cc1cc(-c2nc(C)c(CNC(C)C)s2)cc(C)c1Br. The molecule has 20 heavy (non-hydrogen) atoms. The molecule has 2 rings (SSSR count). The van der Waals surface area contributed by atoms with Gasteiger partial charge in [0.15, 0.2) is 0 Å². The molecular weight excluding hydrogens is 332 g/mol. The van der Waals surface area contributed by atoms with E-state index in [2.05, 4.69) is 68.0 Å². The number of rotatable bonds is 4. The highest BCUT2D eigenvalue weighted by atomic mass is 79.9. The summed E-state index contributed by atoms with van der Waals surface area (Å²) in [4.78, 5) is 6.06. The normalized spacial score (nSPS) is 11.3. The molecule has 1 heterocycles. The molecular formula is C16H21BrN2S. The molecule has 0 spiro atoms. The second kappa shape index (κ2) is 6.37. The zero-order valence-electron chi connectivity index (χ0n) is 12.7. The van der Waals surface area contributed by atoms with Crippen LogP contribution in [0.5, 0.6) is 0 Å². The first kappa shape index (κ1) is 15.7. The van der Waals surface area contributed by atoms with E-state index in [4.69, 9.17) is 4.98 Å². The highest BCUT2D eigenvalue weighted by Crippen LogP contribution is 2.32. The third-order valence-corrected chi connectivity index (χ3v) is 5.70. The average Bonchev–Trinajstić information content (AvgIpc) is 2.74. The molecule has 0 fully saturated rings. The van der Waals surface area contributed by atoms with Crippen molar-refractivity contribution < 1.29 is 0 Å². The monoisotopic (exact) mass is 352 g/mol. The van der Waals surface area contributed by atoms with Gasteiger partial charge < -0.3 is 5.32 Å². The largest absolute Gasteiger partial charge is 0.310 e. The standard InChI is InChI=1S/C16H21BrN2S/c1-9(2)18-8-14-12(5)19-16(20-14)13-6-10(3)15(17)11(4)7-13/h6-7,9,18H,8H2,1-5H3. The maximum atomic E-state index is 4.73. The van der Waals surface area contributed by atoms with Crippen LogP contribution >= 0.6 is 27.3 Å². The Bertz CT molecular complexity index is 594. The zero-order chi connectivity index (χ0) is 14.9. The van der Waals surface area contributed by atoms with Crippen LogP contribution in [0.4, 0.5) is 0 Å². The van der Waals surface area contributed by atoms with Gasteiger partial charge in [0.1, 0.15) is 5.01 Å². The number of aromatic nitrogens is 1. The molecule has 0 atom stereocenters. The Morgan fingerprint density at radius 2 is 1.80 bits per heavy atom. The Balaban J connectivity index is 2.32. The highest BCUT2D eigenvalue weighted by Gasteiger charge is 2.11. The summed E-state index contributed by atoms with van der Waals surface area (Å²) in [7, 11) is 0. The Kier molecular flexibility index (Phi) is 4.99. The fourth-order valence-electron chi connectivity index (χ4n) is 2.08. The van der Waals surface area contributed by atoms with Gasteiger partial charge in [0, 0.05) is 27.5 Å². The van der Waals surface area contributed by atoms with Crippen LogP contribution in [0, 0.1) is 20.8 Å². The maximum Gasteiger partial charge on any atom is 0.123 e. The van der Waals surface area contributed by atoms with Crippen LogP contribution in [0.1, 0.15) is 35.5 Å². The van der Waals surface area contributed by atoms with Crippen molar-refractivity contribution in [3.05, 3.63) is 38.3 Å². The van der Waals surface area contributed by atoms with E-state index >= 15 is 0 Å². The topological polar surface area (TPSA) is 24.9 Å². The lowest BCUT2D eigenvalue weighted by Gasteiger charge is -2.06. The van der Waals surface area contributed by atoms with Crippen molar-refractivity contribution in [1.82, 2.24) is 10.3 Å². The van der Waals surface area contributed by atoms with E-state index in [1.54, 1.807) is 11.3 Å². The van der Waals surface area contributed by atoms with E-state index in [9.17, 15) is 0 Å². The fraction of sp³-hybridized carbons (Fsp3) is 0.438. The van der Waals surface area contributed by atoms with Gasteiger partial charge in [0.2, 0.25) is 0 Å². The molecule has 1 aromatic carbocycles. The molecule has 1 aromatic heterocycles. The summed E-state index contributed by atoms with van der Waals surface area (Å²) in [6, 6.07) is 4.90. The predicted octanol–water partition coefficient (Wildman–Crippen LogP) is 5.00. The lowest BCUT2D eigenvalue weighted by Crippen LogP contribution is -2.21. The maximum absolute atomic E-state index is 4.73. The van der Waals surface area contributed by atoms with E-state index in [0.717, 1.165) is 17.2 Å². The first-order valence-corrected chi connectivity index (χ1v) is 8.46. The van der Waals surface area contributed by atoms with Crippen LogP contribution in [0.25, 0.3) is 10.6 Å². The van der Waals surface area contributed by atoms with E-state index < -0.39 is 0 Å². The lowest BCUT2D eigenvalue weighted by molar-refractivity contribution is 0.591. The van der Waals surface area contributed by atoms with E-state index in [-0.39, 0.29) is 0 Å². The molecule has 0 amide bonds. The molecule has 0 aliphatic heterocycles. The Hall–Kier alpha value is -0.710. The zero-order valence-corrected chi connectivity index (χ0v) is 15.1. The van der Waals surface area contributed by atoms with Gasteiger partial charge in [0.05, 0.1) is 5.69 Å². The van der Waals surface area contributed by atoms with Crippen molar-refractivity contribution in [2.45, 2.75) is 47.2 Å². The quantitative estimate of drug-likeness (QED) is 0.837. The molecule has 2 nitrogen and oxygen atoms in total. The summed E-state index contributed by atoms with van der Waals surface area (Å²) in [5, 5.41) is 4.57. The van der Waals surface area contributed by atoms with Gasteiger partial charge in [-0.2, -0.15) is 0 Å². The Morgan fingerprint density at radius 3 is 2.35 bits per heavy atom. The van der Waals surface area contributed by atoms with E-state index in [1.807, 2.05) is 0 Å². The van der Waals surface area contributed by atoms with Crippen molar-refractivity contribution >= 4 is 27.3 Å². The second-order valence-electron chi connectivity index (χ2n) is 5.49. The number of aryl methyl sites for hydroxylation is 3.